The van der Waals surface area contributed by atoms with Crippen molar-refractivity contribution in [3.05, 3.63) is 22.8 Å². The molecule has 0 spiro atoms. The minimum absolute atomic E-state index is 0.380. The maximum atomic E-state index is 12.3. The van der Waals surface area contributed by atoms with Crippen molar-refractivity contribution in [2.75, 3.05) is 32.1 Å². The van der Waals surface area contributed by atoms with Crippen LogP contribution in [0.1, 0.15) is 20.8 Å². The smallest absolute Gasteiger partial charge is 0.416 e. The lowest BCUT2D eigenvalue weighted by atomic mass is 10.2. The van der Waals surface area contributed by atoms with Crippen LogP contribution in [-0.2, 0) is 4.74 Å². The van der Waals surface area contributed by atoms with Gasteiger partial charge in [0.15, 0.2) is 0 Å². The third-order valence-electron chi connectivity index (χ3n) is 2.37. The molecule has 1 heterocycles. The third kappa shape index (κ3) is 5.88. The fourth-order valence-electron chi connectivity index (χ4n) is 1.44. The van der Waals surface area contributed by atoms with Crippen molar-refractivity contribution in [2.45, 2.75) is 26.4 Å². The summed E-state index contributed by atoms with van der Waals surface area (Å²) in [6, 6.07) is 3.65. The summed E-state index contributed by atoms with van der Waals surface area (Å²) < 4.78 is 6.31. The molecule has 6 heteroatoms. The van der Waals surface area contributed by atoms with Gasteiger partial charge in [0.05, 0.1) is 0 Å². The molecule has 0 aromatic carbocycles. The van der Waals surface area contributed by atoms with Gasteiger partial charge in [-0.15, -0.1) is 0 Å². The maximum absolute atomic E-state index is 12.3. The molecule has 0 bridgehead atoms. The summed E-state index contributed by atoms with van der Waals surface area (Å²) >= 11 is 3.34. The lowest BCUT2D eigenvalue weighted by molar-refractivity contribution is 0.0577. The highest BCUT2D eigenvalue weighted by atomic mass is 79.9. The molecule has 0 aliphatic rings. The molecule has 0 N–H and O–H groups in total. The number of ether oxygens (including phenoxy) is 1. The summed E-state index contributed by atoms with van der Waals surface area (Å²) in [4.78, 5) is 20.1. The molecule has 1 rings (SSSR count). The number of pyridine rings is 1. The minimum Gasteiger partial charge on any atom is -0.443 e. The normalized spacial score (nSPS) is 11.6. The van der Waals surface area contributed by atoms with Crippen molar-refractivity contribution in [3.63, 3.8) is 0 Å². The van der Waals surface area contributed by atoms with E-state index in [1.165, 1.54) is 0 Å². The fourth-order valence-corrected chi connectivity index (χ4v) is 1.68. The van der Waals surface area contributed by atoms with Crippen LogP contribution in [0.4, 0.5) is 10.6 Å². The Hall–Kier alpha value is -1.14. The van der Waals surface area contributed by atoms with Crippen LogP contribution in [0.25, 0.3) is 0 Å². The van der Waals surface area contributed by atoms with Crippen molar-refractivity contribution in [1.82, 2.24) is 9.88 Å². The highest BCUT2D eigenvalue weighted by Crippen LogP contribution is 2.18. The first-order valence-corrected chi connectivity index (χ1v) is 7.25. The van der Waals surface area contributed by atoms with E-state index in [4.69, 9.17) is 4.74 Å². The Balaban J connectivity index is 2.89. The van der Waals surface area contributed by atoms with E-state index in [1.807, 2.05) is 45.8 Å². The minimum atomic E-state index is -0.525. The van der Waals surface area contributed by atoms with E-state index < -0.39 is 5.60 Å². The van der Waals surface area contributed by atoms with Gasteiger partial charge < -0.3 is 9.64 Å². The number of likely N-dealkylation sites (N-methyl/N-ethyl adjacent to an activating group) is 1. The van der Waals surface area contributed by atoms with Gasteiger partial charge in [-0.3, -0.25) is 4.90 Å². The molecule has 0 unspecified atom stereocenters. The number of hydrogen-bond donors (Lipinski definition) is 0. The van der Waals surface area contributed by atoms with Gasteiger partial charge in [0.2, 0.25) is 0 Å². The van der Waals surface area contributed by atoms with Crippen LogP contribution in [0.15, 0.2) is 22.8 Å². The SMILES string of the molecule is CN(C)CCN(C(=O)OC(C)(C)C)c1ccc(Br)cn1. The van der Waals surface area contributed by atoms with E-state index in [0.717, 1.165) is 11.0 Å². The zero-order chi connectivity index (χ0) is 15.3. The van der Waals surface area contributed by atoms with Crippen LogP contribution in [0.5, 0.6) is 0 Å². The van der Waals surface area contributed by atoms with Crippen LogP contribution in [0, 0.1) is 0 Å². The number of carbonyl (C=O) groups is 1. The summed E-state index contributed by atoms with van der Waals surface area (Å²) in [7, 11) is 3.92. The molecule has 0 atom stereocenters. The summed E-state index contributed by atoms with van der Waals surface area (Å²) in [6.07, 6.45) is 1.29. The number of nitrogens with zero attached hydrogens (tertiary/aromatic N) is 3. The van der Waals surface area contributed by atoms with Gasteiger partial charge in [-0.2, -0.15) is 0 Å². The molecule has 0 radical (unpaired) electrons. The molecular formula is C14H22BrN3O2. The van der Waals surface area contributed by atoms with E-state index in [1.54, 1.807) is 17.2 Å². The number of halogens is 1. The number of amides is 1. The molecule has 0 saturated carbocycles. The monoisotopic (exact) mass is 343 g/mol. The molecule has 0 aliphatic carbocycles. The Bertz CT molecular complexity index is 441. The average Bonchev–Trinajstić information content (AvgIpc) is 2.29. The second kappa shape index (κ2) is 7.04. The van der Waals surface area contributed by atoms with Crippen LogP contribution in [0.3, 0.4) is 0 Å². The highest BCUT2D eigenvalue weighted by molar-refractivity contribution is 9.10. The van der Waals surface area contributed by atoms with Crippen LogP contribution in [-0.4, -0.2) is 48.8 Å². The topological polar surface area (TPSA) is 45.7 Å². The summed E-state index contributed by atoms with van der Waals surface area (Å²) in [5, 5.41) is 0. The Kier molecular flexibility index (Phi) is 5.95. The highest BCUT2D eigenvalue weighted by Gasteiger charge is 2.24. The Morgan fingerprint density at radius 3 is 2.40 bits per heavy atom. The molecule has 5 nitrogen and oxygen atoms in total. The van der Waals surface area contributed by atoms with Gasteiger partial charge in [0, 0.05) is 23.8 Å². The van der Waals surface area contributed by atoms with E-state index in [9.17, 15) is 4.79 Å². The number of aromatic nitrogens is 1. The second-order valence-electron chi connectivity index (χ2n) is 5.77. The van der Waals surface area contributed by atoms with Crippen molar-refractivity contribution in [3.8, 4) is 0 Å². The molecule has 0 aliphatic heterocycles. The first kappa shape index (κ1) is 16.9. The standard InChI is InChI=1S/C14H22BrN3O2/c1-14(2,3)20-13(19)18(9-8-17(4)5)12-7-6-11(15)10-16-12/h6-7,10H,8-9H2,1-5H3. The van der Waals surface area contributed by atoms with Gasteiger partial charge in [0.1, 0.15) is 11.4 Å². The van der Waals surface area contributed by atoms with Crippen LogP contribution >= 0.6 is 15.9 Å². The van der Waals surface area contributed by atoms with Gasteiger partial charge in [-0.1, -0.05) is 0 Å². The summed E-state index contributed by atoms with van der Waals surface area (Å²) in [6.45, 7) is 6.81. The number of rotatable bonds is 4. The molecule has 1 amide bonds. The first-order chi connectivity index (χ1) is 9.19. The van der Waals surface area contributed by atoms with Crippen molar-refractivity contribution < 1.29 is 9.53 Å². The predicted molar refractivity (Wildman–Crippen MR) is 84.1 cm³/mol. The molecular weight excluding hydrogens is 322 g/mol. The van der Waals surface area contributed by atoms with Crippen molar-refractivity contribution in [2.24, 2.45) is 0 Å². The molecule has 0 fully saturated rings. The van der Waals surface area contributed by atoms with E-state index in [2.05, 4.69) is 20.9 Å². The zero-order valence-corrected chi connectivity index (χ0v) is 14.3. The van der Waals surface area contributed by atoms with Gasteiger partial charge in [-0.25, -0.2) is 9.78 Å². The Labute approximate surface area is 129 Å². The third-order valence-corrected chi connectivity index (χ3v) is 2.84. The van der Waals surface area contributed by atoms with Gasteiger partial charge in [0.25, 0.3) is 0 Å². The zero-order valence-electron chi connectivity index (χ0n) is 12.7. The molecule has 1 aromatic heterocycles. The van der Waals surface area contributed by atoms with Gasteiger partial charge in [-0.05, 0) is 62.9 Å². The van der Waals surface area contributed by atoms with E-state index in [0.29, 0.717) is 12.4 Å². The Morgan fingerprint density at radius 1 is 1.30 bits per heavy atom. The predicted octanol–water partition coefficient (Wildman–Crippen LogP) is 3.15. The molecule has 112 valence electrons. The largest absolute Gasteiger partial charge is 0.443 e. The van der Waals surface area contributed by atoms with Crippen molar-refractivity contribution >= 4 is 27.8 Å². The Morgan fingerprint density at radius 2 is 1.95 bits per heavy atom. The van der Waals surface area contributed by atoms with E-state index >= 15 is 0 Å². The quantitative estimate of drug-likeness (QED) is 0.842. The van der Waals surface area contributed by atoms with Crippen molar-refractivity contribution in [1.29, 1.82) is 0 Å². The molecule has 0 saturated heterocycles. The number of hydrogen-bond acceptors (Lipinski definition) is 4. The average molecular weight is 344 g/mol. The molecule has 20 heavy (non-hydrogen) atoms. The van der Waals surface area contributed by atoms with Crippen LogP contribution in [0.2, 0.25) is 0 Å². The van der Waals surface area contributed by atoms with E-state index in [-0.39, 0.29) is 6.09 Å². The first-order valence-electron chi connectivity index (χ1n) is 6.46. The summed E-state index contributed by atoms with van der Waals surface area (Å²) in [5.74, 6) is 0.587. The number of carbonyl (C=O) groups excluding carboxylic acids is 1. The number of anilines is 1. The lowest BCUT2D eigenvalue weighted by Gasteiger charge is -2.27. The lowest BCUT2D eigenvalue weighted by Crippen LogP contribution is -2.40. The second-order valence-corrected chi connectivity index (χ2v) is 6.69. The van der Waals surface area contributed by atoms with Gasteiger partial charge >= 0.3 is 6.09 Å². The van der Waals surface area contributed by atoms with Crippen LogP contribution < -0.4 is 4.90 Å². The maximum Gasteiger partial charge on any atom is 0.416 e. The fraction of sp³-hybridized carbons (Fsp3) is 0.571. The summed E-state index contributed by atoms with van der Waals surface area (Å²) in [5.41, 5.74) is -0.525. The molecule has 1 aromatic rings.